The number of carbonyl (C=O) groups excluding carboxylic acids is 1. The molecule has 0 aromatic carbocycles. The van der Waals surface area contributed by atoms with Crippen LogP contribution in [0, 0.1) is 0 Å². The maximum atomic E-state index is 10.8. The second-order valence-electron chi connectivity index (χ2n) is 3.19. The van der Waals surface area contributed by atoms with Crippen molar-refractivity contribution in [3.63, 3.8) is 0 Å². The topological polar surface area (TPSA) is 76.2 Å². The standard InChI is InChI=1S/C8H13N5O/c9-8(14)7-1-4-13(11-7)12-5-2-10-3-6-12/h1,4,10H,2-3,5-6H2,(H2,9,14). The van der Waals surface area contributed by atoms with E-state index in [0.29, 0.717) is 5.69 Å². The van der Waals surface area contributed by atoms with Crippen molar-refractivity contribution in [1.29, 1.82) is 0 Å². The molecule has 0 bridgehead atoms. The molecule has 0 spiro atoms. The molecule has 76 valence electrons. The molecule has 0 saturated carbocycles. The van der Waals surface area contributed by atoms with E-state index in [1.165, 1.54) is 0 Å². The molecule has 6 heteroatoms. The van der Waals surface area contributed by atoms with Crippen LogP contribution < -0.4 is 16.1 Å². The zero-order valence-corrected chi connectivity index (χ0v) is 7.81. The zero-order valence-electron chi connectivity index (χ0n) is 7.81. The molecule has 1 amide bonds. The Morgan fingerprint density at radius 3 is 2.79 bits per heavy atom. The summed E-state index contributed by atoms with van der Waals surface area (Å²) >= 11 is 0. The monoisotopic (exact) mass is 195 g/mol. The van der Waals surface area contributed by atoms with Gasteiger partial charge >= 0.3 is 0 Å². The van der Waals surface area contributed by atoms with Gasteiger partial charge in [-0.05, 0) is 6.07 Å². The van der Waals surface area contributed by atoms with E-state index in [1.807, 2.05) is 0 Å². The highest BCUT2D eigenvalue weighted by atomic mass is 16.1. The van der Waals surface area contributed by atoms with Crippen molar-refractivity contribution in [2.45, 2.75) is 0 Å². The van der Waals surface area contributed by atoms with Crippen LogP contribution in [0.3, 0.4) is 0 Å². The molecule has 1 fully saturated rings. The lowest BCUT2D eigenvalue weighted by Crippen LogP contribution is -2.49. The Morgan fingerprint density at radius 1 is 1.50 bits per heavy atom. The molecule has 1 saturated heterocycles. The van der Waals surface area contributed by atoms with E-state index < -0.39 is 5.91 Å². The first-order chi connectivity index (χ1) is 6.77. The number of nitrogens with zero attached hydrogens (tertiary/aromatic N) is 3. The average Bonchev–Trinajstić information content (AvgIpc) is 2.68. The Kier molecular flexibility index (Phi) is 2.36. The van der Waals surface area contributed by atoms with Gasteiger partial charge in [0, 0.05) is 32.4 Å². The molecular weight excluding hydrogens is 182 g/mol. The summed E-state index contributed by atoms with van der Waals surface area (Å²) in [7, 11) is 0. The van der Waals surface area contributed by atoms with Crippen molar-refractivity contribution in [2.24, 2.45) is 5.73 Å². The first-order valence-corrected chi connectivity index (χ1v) is 4.59. The Morgan fingerprint density at radius 2 is 2.21 bits per heavy atom. The van der Waals surface area contributed by atoms with E-state index in [2.05, 4.69) is 15.4 Å². The lowest BCUT2D eigenvalue weighted by Gasteiger charge is -2.28. The smallest absolute Gasteiger partial charge is 0.269 e. The van der Waals surface area contributed by atoms with Crippen LogP contribution in [-0.4, -0.2) is 42.0 Å². The molecule has 0 aliphatic carbocycles. The number of nitrogens with two attached hydrogens (primary N) is 1. The number of piperazine rings is 1. The number of carbonyl (C=O) groups is 1. The third kappa shape index (κ3) is 1.69. The second kappa shape index (κ2) is 3.67. The third-order valence-electron chi connectivity index (χ3n) is 2.21. The number of primary amides is 1. The minimum Gasteiger partial charge on any atom is -0.364 e. The molecule has 2 rings (SSSR count). The molecule has 1 aromatic rings. The fourth-order valence-corrected chi connectivity index (χ4v) is 1.46. The van der Waals surface area contributed by atoms with Gasteiger partial charge in [-0.25, -0.2) is 0 Å². The Hall–Kier alpha value is -1.56. The fourth-order valence-electron chi connectivity index (χ4n) is 1.46. The van der Waals surface area contributed by atoms with E-state index in [1.54, 1.807) is 17.1 Å². The first-order valence-electron chi connectivity index (χ1n) is 4.59. The van der Waals surface area contributed by atoms with E-state index in [0.717, 1.165) is 26.2 Å². The summed E-state index contributed by atoms with van der Waals surface area (Å²) < 4.78 is 0. The van der Waals surface area contributed by atoms with Crippen molar-refractivity contribution >= 4 is 5.91 Å². The number of nitrogens with one attached hydrogen (secondary N) is 1. The van der Waals surface area contributed by atoms with Crippen molar-refractivity contribution in [2.75, 3.05) is 31.2 Å². The maximum absolute atomic E-state index is 10.8. The Balaban J connectivity index is 2.11. The number of amides is 1. The van der Waals surface area contributed by atoms with Crippen LogP contribution in [0.5, 0.6) is 0 Å². The largest absolute Gasteiger partial charge is 0.364 e. The van der Waals surface area contributed by atoms with Crippen molar-refractivity contribution < 1.29 is 4.79 Å². The zero-order chi connectivity index (χ0) is 9.97. The molecule has 6 nitrogen and oxygen atoms in total. The normalized spacial score (nSPS) is 17.0. The van der Waals surface area contributed by atoms with E-state index in [9.17, 15) is 4.79 Å². The molecule has 1 aliphatic rings. The minimum absolute atomic E-state index is 0.309. The highest BCUT2D eigenvalue weighted by Crippen LogP contribution is 1.97. The lowest BCUT2D eigenvalue weighted by atomic mass is 10.4. The van der Waals surface area contributed by atoms with Crippen LogP contribution in [0.25, 0.3) is 0 Å². The molecular formula is C8H13N5O. The van der Waals surface area contributed by atoms with E-state index in [-0.39, 0.29) is 0 Å². The molecule has 0 unspecified atom stereocenters. The van der Waals surface area contributed by atoms with Crippen LogP contribution in [0.1, 0.15) is 10.5 Å². The first kappa shape index (κ1) is 9.01. The van der Waals surface area contributed by atoms with Crippen LogP contribution >= 0.6 is 0 Å². The molecule has 0 radical (unpaired) electrons. The molecule has 1 aliphatic heterocycles. The molecule has 1 aromatic heterocycles. The van der Waals surface area contributed by atoms with Gasteiger partial charge in [0.1, 0.15) is 0 Å². The molecule has 14 heavy (non-hydrogen) atoms. The quantitative estimate of drug-likeness (QED) is 0.603. The van der Waals surface area contributed by atoms with Crippen LogP contribution in [0.15, 0.2) is 12.3 Å². The molecule has 2 heterocycles. The van der Waals surface area contributed by atoms with Gasteiger partial charge in [-0.15, -0.1) is 5.10 Å². The van der Waals surface area contributed by atoms with Crippen LogP contribution in [0.2, 0.25) is 0 Å². The highest BCUT2D eigenvalue weighted by Gasteiger charge is 2.12. The second-order valence-corrected chi connectivity index (χ2v) is 3.19. The van der Waals surface area contributed by atoms with Gasteiger partial charge in [0.25, 0.3) is 5.91 Å². The summed E-state index contributed by atoms with van der Waals surface area (Å²) in [6.07, 6.45) is 1.76. The summed E-state index contributed by atoms with van der Waals surface area (Å²) in [5, 5.41) is 9.37. The van der Waals surface area contributed by atoms with E-state index >= 15 is 0 Å². The molecule has 3 N–H and O–H groups in total. The fraction of sp³-hybridized carbons (Fsp3) is 0.500. The summed E-state index contributed by atoms with van der Waals surface area (Å²) in [5.74, 6) is -0.487. The van der Waals surface area contributed by atoms with Crippen molar-refractivity contribution in [1.82, 2.24) is 15.2 Å². The van der Waals surface area contributed by atoms with Gasteiger partial charge in [0.15, 0.2) is 5.69 Å². The van der Waals surface area contributed by atoms with Gasteiger partial charge < -0.3 is 11.1 Å². The van der Waals surface area contributed by atoms with Gasteiger partial charge in [-0.1, -0.05) is 0 Å². The number of hydrogen-bond donors (Lipinski definition) is 2. The predicted molar refractivity (Wildman–Crippen MR) is 51.6 cm³/mol. The highest BCUT2D eigenvalue weighted by molar-refractivity contribution is 5.90. The molecule has 0 atom stereocenters. The van der Waals surface area contributed by atoms with Gasteiger partial charge in [-0.3, -0.25) is 9.80 Å². The number of aromatic nitrogens is 2. The SMILES string of the molecule is NC(=O)c1ccn(N2CCNCC2)n1. The Labute approximate surface area is 81.6 Å². The summed E-state index contributed by atoms with van der Waals surface area (Å²) in [6.45, 7) is 3.65. The Bertz CT molecular complexity index is 328. The minimum atomic E-state index is -0.487. The summed E-state index contributed by atoms with van der Waals surface area (Å²) in [4.78, 5) is 12.5. The lowest BCUT2D eigenvalue weighted by molar-refractivity contribution is 0.0994. The van der Waals surface area contributed by atoms with Gasteiger partial charge in [0.05, 0.1) is 0 Å². The van der Waals surface area contributed by atoms with Crippen LogP contribution in [0.4, 0.5) is 0 Å². The van der Waals surface area contributed by atoms with Crippen LogP contribution in [-0.2, 0) is 0 Å². The predicted octanol–water partition coefficient (Wildman–Crippen LogP) is -1.48. The number of hydrogen-bond acceptors (Lipinski definition) is 4. The van der Waals surface area contributed by atoms with E-state index in [4.69, 9.17) is 5.73 Å². The average molecular weight is 195 g/mol. The van der Waals surface area contributed by atoms with Crippen molar-refractivity contribution in [3.05, 3.63) is 18.0 Å². The maximum Gasteiger partial charge on any atom is 0.269 e. The summed E-state index contributed by atoms with van der Waals surface area (Å²) in [5.41, 5.74) is 5.42. The van der Waals surface area contributed by atoms with Gasteiger partial charge in [0.2, 0.25) is 0 Å². The third-order valence-corrected chi connectivity index (χ3v) is 2.21. The van der Waals surface area contributed by atoms with Gasteiger partial charge in [-0.2, -0.15) is 4.79 Å². The van der Waals surface area contributed by atoms with Crippen molar-refractivity contribution in [3.8, 4) is 0 Å². The number of rotatable bonds is 2. The summed E-state index contributed by atoms with van der Waals surface area (Å²) in [6, 6.07) is 1.63.